The fourth-order valence-electron chi connectivity index (χ4n) is 2.80. The van der Waals surface area contributed by atoms with Crippen molar-refractivity contribution in [3.05, 3.63) is 64.3 Å². The molecule has 2 aromatic carbocycles. The molecule has 3 nitrogen and oxygen atoms in total. The molecule has 2 N–H and O–H groups in total. The monoisotopic (exact) mass is 292 g/mol. The molecule has 0 radical (unpaired) electrons. The Labute approximate surface area is 130 Å². The highest BCUT2D eigenvalue weighted by Crippen LogP contribution is 2.23. The van der Waals surface area contributed by atoms with Crippen LogP contribution in [0.15, 0.2) is 36.4 Å². The second-order valence-electron chi connectivity index (χ2n) is 5.93. The summed E-state index contributed by atoms with van der Waals surface area (Å²) in [4.78, 5) is 15.7. The molecule has 0 aliphatic rings. The highest BCUT2D eigenvalue weighted by Gasteiger charge is 2.12. The third kappa shape index (κ3) is 2.50. The Morgan fingerprint density at radius 2 is 1.77 bits per heavy atom. The predicted molar refractivity (Wildman–Crippen MR) is 91.6 cm³/mol. The number of carbonyl (C=O) groups is 1. The normalized spacial score (nSPS) is 10.9. The Kier molecular flexibility index (Phi) is 3.49. The van der Waals surface area contributed by atoms with E-state index in [1.54, 1.807) is 0 Å². The van der Waals surface area contributed by atoms with Crippen LogP contribution in [0, 0.1) is 27.7 Å². The molecule has 1 heterocycles. The molecular weight excluding hydrogens is 272 g/mol. The SMILES string of the molecule is Cc1cc(C)c2cc(C(=O)Nc3cccc(C)c3C)[nH]c2c1. The van der Waals surface area contributed by atoms with E-state index in [4.69, 9.17) is 0 Å². The largest absolute Gasteiger partial charge is 0.351 e. The van der Waals surface area contributed by atoms with Crippen molar-refractivity contribution >= 4 is 22.5 Å². The van der Waals surface area contributed by atoms with E-state index in [1.165, 1.54) is 16.7 Å². The van der Waals surface area contributed by atoms with Gasteiger partial charge in [-0.1, -0.05) is 18.2 Å². The van der Waals surface area contributed by atoms with Crippen LogP contribution in [0.2, 0.25) is 0 Å². The number of hydrogen-bond donors (Lipinski definition) is 2. The first-order valence-corrected chi connectivity index (χ1v) is 7.43. The molecule has 112 valence electrons. The first-order chi connectivity index (χ1) is 10.5. The molecule has 3 aromatic rings. The minimum absolute atomic E-state index is 0.109. The number of aryl methyl sites for hydroxylation is 3. The van der Waals surface area contributed by atoms with Gasteiger partial charge in [-0.2, -0.15) is 0 Å². The van der Waals surface area contributed by atoms with Gasteiger partial charge in [0, 0.05) is 16.6 Å². The summed E-state index contributed by atoms with van der Waals surface area (Å²) in [6, 6.07) is 12.0. The van der Waals surface area contributed by atoms with Gasteiger partial charge in [-0.3, -0.25) is 4.79 Å². The summed E-state index contributed by atoms with van der Waals surface area (Å²) in [6.07, 6.45) is 0. The standard InChI is InChI=1S/C19H20N2O/c1-11-8-13(3)15-10-18(20-17(15)9-11)19(22)21-16-7-5-6-12(2)14(16)4/h5-10,20H,1-4H3,(H,21,22). The zero-order valence-electron chi connectivity index (χ0n) is 13.4. The lowest BCUT2D eigenvalue weighted by atomic mass is 10.1. The topological polar surface area (TPSA) is 44.9 Å². The van der Waals surface area contributed by atoms with Gasteiger partial charge in [0.15, 0.2) is 0 Å². The molecule has 1 amide bonds. The summed E-state index contributed by atoms with van der Waals surface area (Å²) < 4.78 is 0. The van der Waals surface area contributed by atoms with Gasteiger partial charge in [0.25, 0.3) is 5.91 Å². The average Bonchev–Trinajstić information content (AvgIpc) is 2.88. The zero-order valence-corrected chi connectivity index (χ0v) is 13.4. The molecule has 0 aliphatic heterocycles. The third-order valence-corrected chi connectivity index (χ3v) is 4.19. The fourth-order valence-corrected chi connectivity index (χ4v) is 2.80. The van der Waals surface area contributed by atoms with Gasteiger partial charge < -0.3 is 10.3 Å². The summed E-state index contributed by atoms with van der Waals surface area (Å²) in [5, 5.41) is 4.09. The maximum atomic E-state index is 12.5. The van der Waals surface area contributed by atoms with Crippen LogP contribution in [0.1, 0.15) is 32.7 Å². The lowest BCUT2D eigenvalue weighted by molar-refractivity contribution is 0.102. The number of aromatic amines is 1. The first kappa shape index (κ1) is 14.4. The van der Waals surface area contributed by atoms with Gasteiger partial charge in [0.05, 0.1) is 0 Å². The van der Waals surface area contributed by atoms with Gasteiger partial charge >= 0.3 is 0 Å². The number of nitrogens with one attached hydrogen (secondary N) is 2. The first-order valence-electron chi connectivity index (χ1n) is 7.43. The van der Waals surface area contributed by atoms with E-state index in [2.05, 4.69) is 36.3 Å². The minimum Gasteiger partial charge on any atom is -0.351 e. The summed E-state index contributed by atoms with van der Waals surface area (Å²) in [6.45, 7) is 8.18. The Morgan fingerprint density at radius 1 is 1.00 bits per heavy atom. The van der Waals surface area contributed by atoms with Crippen molar-refractivity contribution in [2.45, 2.75) is 27.7 Å². The minimum atomic E-state index is -0.109. The maximum Gasteiger partial charge on any atom is 0.272 e. The molecule has 0 unspecified atom stereocenters. The molecule has 0 aliphatic carbocycles. The van der Waals surface area contributed by atoms with E-state index >= 15 is 0 Å². The van der Waals surface area contributed by atoms with Crippen LogP contribution in [0.5, 0.6) is 0 Å². The van der Waals surface area contributed by atoms with E-state index < -0.39 is 0 Å². The number of carbonyl (C=O) groups excluding carboxylic acids is 1. The number of hydrogen-bond acceptors (Lipinski definition) is 1. The lowest BCUT2D eigenvalue weighted by Crippen LogP contribution is -2.13. The predicted octanol–water partition coefficient (Wildman–Crippen LogP) is 4.65. The van der Waals surface area contributed by atoms with Crippen LogP contribution in [-0.2, 0) is 0 Å². The molecule has 0 spiro atoms. The molecular formula is C19H20N2O. The molecule has 3 heteroatoms. The lowest BCUT2D eigenvalue weighted by Gasteiger charge is -2.09. The van der Waals surface area contributed by atoms with E-state index in [0.29, 0.717) is 5.69 Å². The van der Waals surface area contributed by atoms with Gasteiger partial charge in [-0.15, -0.1) is 0 Å². The molecule has 3 rings (SSSR count). The Hall–Kier alpha value is -2.55. The summed E-state index contributed by atoms with van der Waals surface area (Å²) >= 11 is 0. The van der Waals surface area contributed by atoms with Crippen LogP contribution in [0.4, 0.5) is 5.69 Å². The third-order valence-electron chi connectivity index (χ3n) is 4.19. The fraction of sp³-hybridized carbons (Fsp3) is 0.211. The molecule has 0 saturated carbocycles. The van der Waals surface area contributed by atoms with Crippen LogP contribution in [0.3, 0.4) is 0 Å². The van der Waals surface area contributed by atoms with Crippen LogP contribution in [-0.4, -0.2) is 10.9 Å². The van der Waals surface area contributed by atoms with Crippen molar-refractivity contribution in [3.63, 3.8) is 0 Å². The van der Waals surface area contributed by atoms with Crippen molar-refractivity contribution in [1.82, 2.24) is 4.98 Å². The Balaban J connectivity index is 1.95. The van der Waals surface area contributed by atoms with E-state index in [1.807, 2.05) is 38.1 Å². The van der Waals surface area contributed by atoms with Gasteiger partial charge in [0.2, 0.25) is 0 Å². The molecule has 0 fully saturated rings. The highest BCUT2D eigenvalue weighted by molar-refractivity contribution is 6.06. The van der Waals surface area contributed by atoms with Crippen LogP contribution >= 0.6 is 0 Å². The average molecular weight is 292 g/mol. The second kappa shape index (κ2) is 5.34. The van der Waals surface area contributed by atoms with Crippen molar-refractivity contribution in [3.8, 4) is 0 Å². The molecule has 0 saturated heterocycles. The summed E-state index contributed by atoms with van der Waals surface area (Å²) in [5.74, 6) is -0.109. The van der Waals surface area contributed by atoms with E-state index in [0.717, 1.165) is 22.2 Å². The summed E-state index contributed by atoms with van der Waals surface area (Å²) in [5.41, 5.74) is 7.08. The van der Waals surface area contributed by atoms with Crippen molar-refractivity contribution in [1.29, 1.82) is 0 Å². The van der Waals surface area contributed by atoms with Crippen LogP contribution in [0.25, 0.3) is 10.9 Å². The second-order valence-corrected chi connectivity index (χ2v) is 5.93. The van der Waals surface area contributed by atoms with Crippen molar-refractivity contribution in [2.24, 2.45) is 0 Å². The smallest absolute Gasteiger partial charge is 0.272 e. The zero-order chi connectivity index (χ0) is 15.9. The molecule has 0 atom stereocenters. The molecule has 22 heavy (non-hydrogen) atoms. The van der Waals surface area contributed by atoms with E-state index in [9.17, 15) is 4.79 Å². The Bertz CT molecular complexity index is 875. The molecule has 1 aromatic heterocycles. The van der Waals surface area contributed by atoms with Crippen molar-refractivity contribution in [2.75, 3.05) is 5.32 Å². The van der Waals surface area contributed by atoms with Gasteiger partial charge in [-0.25, -0.2) is 0 Å². The van der Waals surface area contributed by atoms with Gasteiger partial charge in [0.1, 0.15) is 5.69 Å². The van der Waals surface area contributed by atoms with Gasteiger partial charge in [-0.05, 0) is 68.1 Å². The number of amides is 1. The molecule has 0 bridgehead atoms. The quantitative estimate of drug-likeness (QED) is 0.709. The number of H-pyrrole nitrogens is 1. The maximum absolute atomic E-state index is 12.5. The van der Waals surface area contributed by atoms with Crippen LogP contribution < -0.4 is 5.32 Å². The Morgan fingerprint density at radius 3 is 2.55 bits per heavy atom. The number of anilines is 1. The summed E-state index contributed by atoms with van der Waals surface area (Å²) in [7, 11) is 0. The van der Waals surface area contributed by atoms with Crippen molar-refractivity contribution < 1.29 is 4.79 Å². The number of aromatic nitrogens is 1. The number of fused-ring (bicyclic) bond motifs is 1. The van der Waals surface area contributed by atoms with E-state index in [-0.39, 0.29) is 5.91 Å². The number of rotatable bonds is 2. The highest BCUT2D eigenvalue weighted by atomic mass is 16.1. The number of benzene rings is 2.